The molecule has 0 saturated heterocycles. The van der Waals surface area contributed by atoms with Crippen LogP contribution in [0.4, 0.5) is 5.82 Å². The molecule has 0 fully saturated rings. The van der Waals surface area contributed by atoms with Crippen LogP contribution in [0.15, 0.2) is 23.1 Å². The number of hydrogen-bond donors (Lipinski definition) is 1. The van der Waals surface area contributed by atoms with Gasteiger partial charge in [-0.25, -0.2) is 4.68 Å². The van der Waals surface area contributed by atoms with Crippen molar-refractivity contribution >= 4 is 21.7 Å². The first-order chi connectivity index (χ1) is 7.70. The van der Waals surface area contributed by atoms with Gasteiger partial charge in [-0.2, -0.15) is 4.98 Å². The van der Waals surface area contributed by atoms with E-state index in [9.17, 15) is 0 Å². The number of hydrogen-bond acceptors (Lipinski definition) is 5. The lowest BCUT2D eigenvalue weighted by molar-refractivity contribution is 0.324. The summed E-state index contributed by atoms with van der Waals surface area (Å²) in [5.41, 5.74) is 5.62. The molecule has 0 spiro atoms. The van der Waals surface area contributed by atoms with Crippen molar-refractivity contribution in [2.45, 2.75) is 6.92 Å². The number of rotatable bonds is 3. The zero-order valence-electron chi connectivity index (χ0n) is 8.59. The Morgan fingerprint density at radius 3 is 2.94 bits per heavy atom. The molecule has 0 saturated carbocycles. The standard InChI is InChI=1S/C9H10BrN5O/c1-2-16-8-4-12-3-7(13-8)15-5-6(10)9(11)14-15/h3-5H,2H2,1H3,(H2,11,14). The van der Waals surface area contributed by atoms with E-state index in [0.29, 0.717) is 24.1 Å². The second-order valence-corrected chi connectivity index (χ2v) is 3.81. The van der Waals surface area contributed by atoms with Gasteiger partial charge in [0.2, 0.25) is 5.88 Å². The van der Waals surface area contributed by atoms with Crippen LogP contribution in [-0.2, 0) is 0 Å². The van der Waals surface area contributed by atoms with Crippen molar-refractivity contribution in [3.05, 3.63) is 23.1 Å². The lowest BCUT2D eigenvalue weighted by Crippen LogP contribution is -2.02. The van der Waals surface area contributed by atoms with Crippen molar-refractivity contribution in [3.8, 4) is 11.7 Å². The maximum atomic E-state index is 5.62. The minimum absolute atomic E-state index is 0.406. The Morgan fingerprint density at radius 1 is 1.50 bits per heavy atom. The molecule has 0 aliphatic heterocycles. The Hall–Kier alpha value is -1.63. The molecule has 6 nitrogen and oxygen atoms in total. The molecule has 0 aliphatic rings. The maximum Gasteiger partial charge on any atom is 0.234 e. The van der Waals surface area contributed by atoms with Gasteiger partial charge in [-0.05, 0) is 22.9 Å². The first-order valence-electron chi connectivity index (χ1n) is 4.66. The molecule has 2 heterocycles. The number of nitrogen functional groups attached to an aromatic ring is 1. The van der Waals surface area contributed by atoms with Crippen molar-refractivity contribution in [1.82, 2.24) is 19.7 Å². The summed E-state index contributed by atoms with van der Waals surface area (Å²) in [5.74, 6) is 1.43. The summed E-state index contributed by atoms with van der Waals surface area (Å²) in [4.78, 5) is 8.24. The first kappa shape index (κ1) is 10.9. The van der Waals surface area contributed by atoms with E-state index in [2.05, 4.69) is 31.0 Å². The molecule has 2 rings (SSSR count). The van der Waals surface area contributed by atoms with Crippen molar-refractivity contribution < 1.29 is 4.74 Å². The smallest absolute Gasteiger partial charge is 0.234 e. The second kappa shape index (κ2) is 4.48. The van der Waals surface area contributed by atoms with E-state index < -0.39 is 0 Å². The van der Waals surface area contributed by atoms with E-state index >= 15 is 0 Å². The number of ether oxygens (including phenoxy) is 1. The minimum atomic E-state index is 0.406. The molecule has 2 N–H and O–H groups in total. The zero-order chi connectivity index (χ0) is 11.5. The summed E-state index contributed by atoms with van der Waals surface area (Å²) in [5, 5.41) is 4.07. The highest BCUT2D eigenvalue weighted by Gasteiger charge is 2.06. The predicted octanol–water partition coefficient (Wildman–Crippen LogP) is 1.41. The second-order valence-electron chi connectivity index (χ2n) is 2.96. The Morgan fingerprint density at radius 2 is 2.31 bits per heavy atom. The Balaban J connectivity index is 2.36. The summed E-state index contributed by atoms with van der Waals surface area (Å²) < 4.78 is 7.50. The van der Waals surface area contributed by atoms with Crippen LogP contribution in [0.2, 0.25) is 0 Å². The molecule has 0 aromatic carbocycles. The van der Waals surface area contributed by atoms with Crippen LogP contribution in [0, 0.1) is 0 Å². The highest BCUT2D eigenvalue weighted by atomic mass is 79.9. The SMILES string of the molecule is CCOc1cncc(-n2cc(Br)c(N)n2)n1. The van der Waals surface area contributed by atoms with Crippen LogP contribution < -0.4 is 10.5 Å². The fraction of sp³-hybridized carbons (Fsp3) is 0.222. The third kappa shape index (κ3) is 2.13. The third-order valence-electron chi connectivity index (χ3n) is 1.82. The normalized spacial score (nSPS) is 10.4. The number of nitrogens with zero attached hydrogens (tertiary/aromatic N) is 4. The predicted molar refractivity (Wildman–Crippen MR) is 62.4 cm³/mol. The molecule has 0 atom stereocenters. The molecule has 0 amide bonds. The number of halogens is 1. The van der Waals surface area contributed by atoms with Crippen LogP contribution in [0.3, 0.4) is 0 Å². The fourth-order valence-electron chi connectivity index (χ4n) is 1.15. The Bertz CT molecular complexity index is 479. The summed E-state index contributed by atoms with van der Waals surface area (Å²) in [6, 6.07) is 0. The van der Waals surface area contributed by atoms with Gasteiger partial charge in [-0.1, -0.05) is 0 Å². The molecule has 0 aliphatic carbocycles. The largest absolute Gasteiger partial charge is 0.477 e. The fourth-order valence-corrected chi connectivity index (χ4v) is 1.42. The number of anilines is 1. The molecule has 0 bridgehead atoms. The average Bonchev–Trinajstić information content (AvgIpc) is 2.60. The van der Waals surface area contributed by atoms with Crippen molar-refractivity contribution in [1.29, 1.82) is 0 Å². The Kier molecular flexibility index (Phi) is 3.04. The van der Waals surface area contributed by atoms with Gasteiger partial charge in [0.15, 0.2) is 11.6 Å². The Labute approximate surface area is 101 Å². The molecule has 0 unspecified atom stereocenters. The monoisotopic (exact) mass is 283 g/mol. The zero-order valence-corrected chi connectivity index (χ0v) is 10.2. The molecule has 0 radical (unpaired) electrons. The highest BCUT2D eigenvalue weighted by molar-refractivity contribution is 9.10. The quantitative estimate of drug-likeness (QED) is 0.921. The summed E-state index contributed by atoms with van der Waals surface area (Å²) >= 11 is 3.27. The first-order valence-corrected chi connectivity index (χ1v) is 5.46. The van der Waals surface area contributed by atoms with Gasteiger partial charge in [0, 0.05) is 6.20 Å². The lowest BCUT2D eigenvalue weighted by Gasteiger charge is -2.03. The van der Waals surface area contributed by atoms with E-state index in [-0.39, 0.29) is 0 Å². The molecule has 7 heteroatoms. The summed E-state index contributed by atoms with van der Waals surface area (Å²) in [6.07, 6.45) is 4.85. The lowest BCUT2D eigenvalue weighted by atomic mass is 10.6. The molecule has 16 heavy (non-hydrogen) atoms. The highest BCUT2D eigenvalue weighted by Crippen LogP contribution is 2.19. The average molecular weight is 284 g/mol. The van der Waals surface area contributed by atoms with Gasteiger partial charge in [-0.15, -0.1) is 5.10 Å². The van der Waals surface area contributed by atoms with Crippen molar-refractivity contribution in [2.24, 2.45) is 0 Å². The molecule has 84 valence electrons. The molecular weight excluding hydrogens is 274 g/mol. The van der Waals surface area contributed by atoms with Crippen LogP contribution in [-0.4, -0.2) is 26.4 Å². The van der Waals surface area contributed by atoms with Gasteiger partial charge >= 0.3 is 0 Å². The molecule has 2 aromatic heterocycles. The third-order valence-corrected chi connectivity index (χ3v) is 2.43. The van der Waals surface area contributed by atoms with Crippen molar-refractivity contribution in [2.75, 3.05) is 12.3 Å². The minimum Gasteiger partial charge on any atom is -0.477 e. The molecule has 2 aromatic rings. The van der Waals surface area contributed by atoms with Crippen LogP contribution in [0.5, 0.6) is 5.88 Å². The van der Waals surface area contributed by atoms with Gasteiger partial charge in [0.05, 0.1) is 23.5 Å². The van der Waals surface area contributed by atoms with E-state index in [1.165, 1.54) is 4.68 Å². The van der Waals surface area contributed by atoms with E-state index in [0.717, 1.165) is 4.47 Å². The van der Waals surface area contributed by atoms with Gasteiger partial charge in [0.25, 0.3) is 0 Å². The molecular formula is C9H10BrN5O. The summed E-state index contributed by atoms with van der Waals surface area (Å²) in [6.45, 7) is 2.43. The van der Waals surface area contributed by atoms with E-state index in [1.807, 2.05) is 6.92 Å². The number of nitrogens with two attached hydrogens (primary N) is 1. The van der Waals surface area contributed by atoms with E-state index in [4.69, 9.17) is 10.5 Å². The van der Waals surface area contributed by atoms with E-state index in [1.54, 1.807) is 18.6 Å². The van der Waals surface area contributed by atoms with Crippen LogP contribution in [0.25, 0.3) is 5.82 Å². The topological polar surface area (TPSA) is 78.9 Å². The van der Waals surface area contributed by atoms with Crippen LogP contribution >= 0.6 is 15.9 Å². The van der Waals surface area contributed by atoms with Crippen molar-refractivity contribution in [3.63, 3.8) is 0 Å². The number of aromatic nitrogens is 4. The van der Waals surface area contributed by atoms with Gasteiger partial charge in [0.1, 0.15) is 0 Å². The van der Waals surface area contributed by atoms with Crippen LogP contribution in [0.1, 0.15) is 6.92 Å². The maximum absolute atomic E-state index is 5.62. The summed E-state index contributed by atoms with van der Waals surface area (Å²) in [7, 11) is 0. The van der Waals surface area contributed by atoms with Gasteiger partial charge < -0.3 is 10.5 Å². The van der Waals surface area contributed by atoms with Gasteiger partial charge in [-0.3, -0.25) is 4.98 Å².